The second-order valence-corrected chi connectivity index (χ2v) is 5.61. The van der Waals surface area contributed by atoms with E-state index in [1.807, 2.05) is 12.1 Å². The van der Waals surface area contributed by atoms with E-state index in [0.29, 0.717) is 11.1 Å². The molecule has 2 aliphatic rings. The van der Waals surface area contributed by atoms with Gasteiger partial charge in [-0.1, -0.05) is 12.1 Å². The molecule has 1 aromatic rings. The summed E-state index contributed by atoms with van der Waals surface area (Å²) in [4.78, 5) is 13.4. The summed E-state index contributed by atoms with van der Waals surface area (Å²) in [7, 11) is 0. The van der Waals surface area contributed by atoms with Gasteiger partial charge < -0.3 is 5.11 Å². The van der Waals surface area contributed by atoms with Crippen molar-refractivity contribution in [1.29, 1.82) is 0 Å². The van der Waals surface area contributed by atoms with Crippen molar-refractivity contribution >= 4 is 5.97 Å². The third-order valence-corrected chi connectivity index (χ3v) is 4.60. The highest BCUT2D eigenvalue weighted by molar-refractivity contribution is 5.87. The highest BCUT2D eigenvalue weighted by atomic mass is 16.4. The quantitative estimate of drug-likeness (QED) is 0.890. The average molecular weight is 245 g/mol. The van der Waals surface area contributed by atoms with Crippen molar-refractivity contribution in [3.8, 4) is 0 Å². The lowest BCUT2D eigenvalue weighted by molar-refractivity contribution is 0.0495. The van der Waals surface area contributed by atoms with Crippen LogP contribution in [-0.2, 0) is 6.54 Å². The standard InChI is InChI=1S/C15H19NO2/c17-14(18)13-5-3-12(4-6-13)11-16-10-2-9-15(16)7-1-8-15/h3-6H,1-2,7-11H2,(H,17,18). The molecule has 0 unspecified atom stereocenters. The van der Waals surface area contributed by atoms with Crippen LogP contribution in [0.15, 0.2) is 24.3 Å². The van der Waals surface area contributed by atoms with Crippen LogP contribution in [0.3, 0.4) is 0 Å². The van der Waals surface area contributed by atoms with E-state index in [2.05, 4.69) is 4.90 Å². The van der Waals surface area contributed by atoms with Gasteiger partial charge in [0.05, 0.1) is 5.56 Å². The molecular formula is C15H19NO2. The Bertz CT molecular complexity index is 448. The Labute approximate surface area is 107 Å². The first kappa shape index (κ1) is 11.7. The van der Waals surface area contributed by atoms with E-state index in [1.165, 1.54) is 44.2 Å². The highest BCUT2D eigenvalue weighted by Gasteiger charge is 2.45. The summed E-state index contributed by atoms with van der Waals surface area (Å²) >= 11 is 0. The van der Waals surface area contributed by atoms with Gasteiger partial charge in [-0.2, -0.15) is 0 Å². The molecule has 3 heteroatoms. The largest absolute Gasteiger partial charge is 0.478 e. The van der Waals surface area contributed by atoms with Gasteiger partial charge in [-0.3, -0.25) is 4.90 Å². The van der Waals surface area contributed by atoms with E-state index in [0.717, 1.165) is 6.54 Å². The van der Waals surface area contributed by atoms with Crippen molar-refractivity contribution in [3.05, 3.63) is 35.4 Å². The summed E-state index contributed by atoms with van der Waals surface area (Å²) in [6.07, 6.45) is 6.72. The lowest BCUT2D eigenvalue weighted by Gasteiger charge is -2.46. The number of benzene rings is 1. The van der Waals surface area contributed by atoms with Crippen LogP contribution in [0.4, 0.5) is 0 Å². The number of nitrogens with zero attached hydrogens (tertiary/aromatic N) is 1. The molecule has 3 rings (SSSR count). The third-order valence-electron chi connectivity index (χ3n) is 4.60. The summed E-state index contributed by atoms with van der Waals surface area (Å²) in [5, 5.41) is 8.88. The summed E-state index contributed by atoms with van der Waals surface area (Å²) in [6.45, 7) is 2.17. The van der Waals surface area contributed by atoms with E-state index in [4.69, 9.17) is 5.11 Å². The summed E-state index contributed by atoms with van der Waals surface area (Å²) < 4.78 is 0. The molecule has 1 aliphatic heterocycles. The predicted octanol–water partition coefficient (Wildman–Crippen LogP) is 2.90. The first-order valence-electron chi connectivity index (χ1n) is 6.77. The maximum atomic E-state index is 10.8. The van der Waals surface area contributed by atoms with E-state index in [1.54, 1.807) is 12.1 Å². The van der Waals surface area contributed by atoms with E-state index in [-0.39, 0.29) is 0 Å². The van der Waals surface area contributed by atoms with E-state index in [9.17, 15) is 4.79 Å². The number of carboxylic acids is 1. The smallest absolute Gasteiger partial charge is 0.335 e. The first-order valence-corrected chi connectivity index (χ1v) is 6.77. The van der Waals surface area contributed by atoms with Gasteiger partial charge >= 0.3 is 5.97 Å². The fourth-order valence-corrected chi connectivity index (χ4v) is 3.37. The van der Waals surface area contributed by atoms with Crippen molar-refractivity contribution in [2.75, 3.05) is 6.54 Å². The number of carbonyl (C=O) groups is 1. The first-order chi connectivity index (χ1) is 8.70. The average Bonchev–Trinajstić information content (AvgIpc) is 2.73. The van der Waals surface area contributed by atoms with Crippen LogP contribution in [0.25, 0.3) is 0 Å². The van der Waals surface area contributed by atoms with Gasteiger partial charge in [0.2, 0.25) is 0 Å². The summed E-state index contributed by atoms with van der Waals surface area (Å²) in [5.74, 6) is -0.849. The van der Waals surface area contributed by atoms with Gasteiger partial charge in [-0.05, 0) is 56.3 Å². The molecule has 1 saturated heterocycles. The number of hydrogen-bond donors (Lipinski definition) is 1. The maximum absolute atomic E-state index is 10.8. The molecular weight excluding hydrogens is 226 g/mol. The van der Waals surface area contributed by atoms with Gasteiger partial charge in [0.15, 0.2) is 0 Å². The molecule has 0 aromatic heterocycles. The third kappa shape index (κ3) is 1.93. The van der Waals surface area contributed by atoms with Crippen molar-refractivity contribution in [2.24, 2.45) is 0 Å². The molecule has 1 aromatic carbocycles. The number of rotatable bonds is 3. The van der Waals surface area contributed by atoms with Crippen molar-refractivity contribution in [1.82, 2.24) is 4.90 Å². The molecule has 1 N–H and O–H groups in total. The monoisotopic (exact) mass is 245 g/mol. The lowest BCUT2D eigenvalue weighted by atomic mass is 9.75. The minimum Gasteiger partial charge on any atom is -0.478 e. The second-order valence-electron chi connectivity index (χ2n) is 5.61. The van der Waals surface area contributed by atoms with Crippen LogP contribution in [-0.4, -0.2) is 28.1 Å². The van der Waals surface area contributed by atoms with E-state index >= 15 is 0 Å². The van der Waals surface area contributed by atoms with Crippen molar-refractivity contribution in [3.63, 3.8) is 0 Å². The number of likely N-dealkylation sites (tertiary alicyclic amines) is 1. The fraction of sp³-hybridized carbons (Fsp3) is 0.533. The van der Waals surface area contributed by atoms with Crippen LogP contribution < -0.4 is 0 Å². The Morgan fingerprint density at radius 2 is 1.83 bits per heavy atom. The molecule has 18 heavy (non-hydrogen) atoms. The molecule has 96 valence electrons. The fourth-order valence-electron chi connectivity index (χ4n) is 3.37. The van der Waals surface area contributed by atoms with Gasteiger partial charge in [-0.25, -0.2) is 4.79 Å². The Morgan fingerprint density at radius 3 is 2.39 bits per heavy atom. The van der Waals surface area contributed by atoms with Gasteiger partial charge in [-0.15, -0.1) is 0 Å². The number of carboxylic acid groups (broad SMARTS) is 1. The zero-order valence-electron chi connectivity index (χ0n) is 10.6. The SMILES string of the molecule is O=C(O)c1ccc(CN2CCCC23CCC3)cc1. The van der Waals surface area contributed by atoms with E-state index < -0.39 is 5.97 Å². The maximum Gasteiger partial charge on any atom is 0.335 e. The normalized spacial score (nSPS) is 22.0. The minimum atomic E-state index is -0.849. The Kier molecular flexibility index (Phi) is 2.86. The molecule has 1 spiro atoms. The van der Waals surface area contributed by atoms with Crippen LogP contribution in [0.2, 0.25) is 0 Å². The van der Waals surface area contributed by atoms with Crippen LogP contribution in [0, 0.1) is 0 Å². The zero-order chi connectivity index (χ0) is 12.6. The molecule has 0 bridgehead atoms. The second kappa shape index (κ2) is 4.39. The Hall–Kier alpha value is -1.35. The predicted molar refractivity (Wildman–Crippen MR) is 69.6 cm³/mol. The molecule has 1 aliphatic carbocycles. The molecule has 2 fully saturated rings. The van der Waals surface area contributed by atoms with Gasteiger partial charge in [0, 0.05) is 12.1 Å². The van der Waals surface area contributed by atoms with Gasteiger partial charge in [0.25, 0.3) is 0 Å². The molecule has 3 nitrogen and oxygen atoms in total. The summed E-state index contributed by atoms with van der Waals surface area (Å²) in [6, 6.07) is 7.32. The Morgan fingerprint density at radius 1 is 1.17 bits per heavy atom. The van der Waals surface area contributed by atoms with Crippen LogP contribution in [0.5, 0.6) is 0 Å². The molecule has 0 amide bonds. The van der Waals surface area contributed by atoms with Gasteiger partial charge in [0.1, 0.15) is 0 Å². The topological polar surface area (TPSA) is 40.5 Å². The van der Waals surface area contributed by atoms with Crippen molar-refractivity contribution < 1.29 is 9.90 Å². The van der Waals surface area contributed by atoms with Crippen LogP contribution >= 0.6 is 0 Å². The molecule has 0 atom stereocenters. The van der Waals surface area contributed by atoms with Crippen LogP contribution in [0.1, 0.15) is 48.0 Å². The summed E-state index contributed by atoms with van der Waals surface area (Å²) in [5.41, 5.74) is 2.09. The number of aromatic carboxylic acids is 1. The molecule has 1 heterocycles. The molecule has 1 saturated carbocycles. The Balaban J connectivity index is 1.70. The zero-order valence-corrected chi connectivity index (χ0v) is 10.6. The van der Waals surface area contributed by atoms with Crippen molar-refractivity contribution in [2.45, 2.75) is 44.2 Å². The minimum absolute atomic E-state index is 0.374. The number of hydrogen-bond acceptors (Lipinski definition) is 2. The molecule has 0 radical (unpaired) electrons. The highest BCUT2D eigenvalue weighted by Crippen LogP contribution is 2.45. The lowest BCUT2D eigenvalue weighted by Crippen LogP contribution is -2.48.